The fourth-order valence-electron chi connectivity index (χ4n) is 3.17. The van der Waals surface area contributed by atoms with Gasteiger partial charge in [0, 0.05) is 30.9 Å². The monoisotopic (exact) mass is 271 g/mol. The molecule has 2 N–H and O–H groups in total. The van der Waals surface area contributed by atoms with E-state index in [2.05, 4.69) is 15.5 Å². The fourth-order valence-corrected chi connectivity index (χ4v) is 3.17. The van der Waals surface area contributed by atoms with Gasteiger partial charge in [-0.15, -0.1) is 0 Å². The number of carbonyl (C=O) groups excluding carboxylic acids is 2. The van der Waals surface area contributed by atoms with Crippen LogP contribution in [0.2, 0.25) is 0 Å². The molecule has 2 heterocycles. The van der Waals surface area contributed by atoms with Crippen molar-refractivity contribution in [3.05, 3.63) is 29.3 Å². The van der Waals surface area contributed by atoms with Crippen molar-refractivity contribution < 1.29 is 9.59 Å². The van der Waals surface area contributed by atoms with Crippen molar-refractivity contribution in [2.24, 2.45) is 0 Å². The molecular formula is C15H17N3O2. The number of fused-ring (bicyclic) bond motifs is 1. The van der Waals surface area contributed by atoms with E-state index in [1.807, 2.05) is 6.07 Å². The Morgan fingerprint density at radius 3 is 2.70 bits per heavy atom. The lowest BCUT2D eigenvalue weighted by Gasteiger charge is -2.17. The second-order valence-electron chi connectivity index (χ2n) is 5.90. The van der Waals surface area contributed by atoms with E-state index in [-0.39, 0.29) is 11.8 Å². The second-order valence-corrected chi connectivity index (χ2v) is 5.90. The molecule has 1 atom stereocenters. The minimum absolute atomic E-state index is 0.292. The lowest BCUT2D eigenvalue weighted by Crippen LogP contribution is -2.27. The Kier molecular flexibility index (Phi) is 2.57. The van der Waals surface area contributed by atoms with Gasteiger partial charge in [-0.1, -0.05) is 0 Å². The Morgan fingerprint density at radius 1 is 1.10 bits per heavy atom. The first-order chi connectivity index (χ1) is 9.70. The van der Waals surface area contributed by atoms with Crippen LogP contribution in [0, 0.1) is 0 Å². The highest BCUT2D eigenvalue weighted by Gasteiger charge is 2.34. The largest absolute Gasteiger partial charge is 0.381 e. The molecule has 1 saturated carbocycles. The van der Waals surface area contributed by atoms with Crippen LogP contribution in [0.15, 0.2) is 18.2 Å². The van der Waals surface area contributed by atoms with E-state index >= 15 is 0 Å². The first kappa shape index (κ1) is 11.9. The number of hydrogen-bond donors (Lipinski definition) is 2. The maximum Gasteiger partial charge on any atom is 0.259 e. The average molecular weight is 271 g/mol. The maximum absolute atomic E-state index is 11.6. The van der Waals surface area contributed by atoms with Crippen LogP contribution >= 0.6 is 0 Å². The number of nitrogens with zero attached hydrogens (tertiary/aromatic N) is 1. The molecule has 1 unspecified atom stereocenters. The molecule has 4 rings (SSSR count). The third kappa shape index (κ3) is 1.98. The summed E-state index contributed by atoms with van der Waals surface area (Å²) >= 11 is 0. The van der Waals surface area contributed by atoms with E-state index in [0.29, 0.717) is 17.2 Å². The Morgan fingerprint density at radius 2 is 1.90 bits per heavy atom. The van der Waals surface area contributed by atoms with Gasteiger partial charge in [0.05, 0.1) is 11.1 Å². The summed E-state index contributed by atoms with van der Waals surface area (Å²) in [5, 5.41) is 5.81. The zero-order valence-electron chi connectivity index (χ0n) is 11.2. The van der Waals surface area contributed by atoms with Gasteiger partial charge in [-0.2, -0.15) is 0 Å². The minimum atomic E-state index is -0.294. The molecule has 0 radical (unpaired) electrons. The average Bonchev–Trinajstić information content (AvgIpc) is 3.12. The predicted octanol–water partition coefficient (Wildman–Crippen LogP) is 1.22. The number of imide groups is 1. The highest BCUT2D eigenvalue weighted by molar-refractivity contribution is 6.21. The number of likely N-dealkylation sites (tertiary alicyclic amines) is 1. The molecule has 1 aromatic rings. The molecular weight excluding hydrogens is 254 g/mol. The smallest absolute Gasteiger partial charge is 0.259 e. The van der Waals surface area contributed by atoms with Crippen LogP contribution in [0.25, 0.3) is 0 Å². The molecule has 2 fully saturated rings. The second kappa shape index (κ2) is 4.31. The van der Waals surface area contributed by atoms with Crippen molar-refractivity contribution in [1.29, 1.82) is 0 Å². The summed E-state index contributed by atoms with van der Waals surface area (Å²) in [7, 11) is 0. The van der Waals surface area contributed by atoms with Gasteiger partial charge in [0.25, 0.3) is 11.8 Å². The Hall–Kier alpha value is -1.88. The van der Waals surface area contributed by atoms with Crippen LogP contribution in [0.5, 0.6) is 0 Å². The van der Waals surface area contributed by atoms with Gasteiger partial charge in [-0.25, -0.2) is 0 Å². The third-order valence-corrected chi connectivity index (χ3v) is 4.39. The van der Waals surface area contributed by atoms with Gasteiger partial charge in [-0.05, 0) is 37.5 Å². The molecule has 1 aromatic carbocycles. The van der Waals surface area contributed by atoms with Crippen molar-refractivity contribution in [3.8, 4) is 0 Å². The Bertz CT molecular complexity index is 595. The molecule has 104 valence electrons. The van der Waals surface area contributed by atoms with E-state index in [1.165, 1.54) is 12.8 Å². The van der Waals surface area contributed by atoms with Crippen molar-refractivity contribution in [2.45, 2.75) is 31.3 Å². The van der Waals surface area contributed by atoms with Gasteiger partial charge in [0.15, 0.2) is 0 Å². The van der Waals surface area contributed by atoms with E-state index < -0.39 is 0 Å². The first-order valence-electron chi connectivity index (χ1n) is 7.21. The van der Waals surface area contributed by atoms with Crippen LogP contribution in [0.3, 0.4) is 0 Å². The Labute approximate surface area is 117 Å². The molecule has 20 heavy (non-hydrogen) atoms. The summed E-state index contributed by atoms with van der Waals surface area (Å²) in [6.45, 7) is 2.24. The normalized spacial score (nSPS) is 25.7. The van der Waals surface area contributed by atoms with Crippen LogP contribution in [0.1, 0.15) is 40.0 Å². The number of anilines is 1. The zero-order chi connectivity index (χ0) is 13.7. The highest BCUT2D eigenvalue weighted by Crippen LogP contribution is 2.31. The fraction of sp³-hybridized carbons (Fsp3) is 0.467. The summed E-state index contributed by atoms with van der Waals surface area (Å²) in [5.41, 5.74) is 1.89. The number of carbonyl (C=O) groups is 2. The first-order valence-corrected chi connectivity index (χ1v) is 7.21. The number of amides is 2. The molecule has 5 heteroatoms. The van der Waals surface area contributed by atoms with Crippen molar-refractivity contribution in [3.63, 3.8) is 0 Å². The van der Waals surface area contributed by atoms with Crippen molar-refractivity contribution >= 4 is 17.5 Å². The SMILES string of the molecule is O=C1NC(=O)c2cc(NC3CCN(C4CC4)C3)ccc21. The standard InChI is InChI=1S/C15H17N3O2/c19-14-12-4-1-9(7-13(12)15(20)17-14)16-10-5-6-18(8-10)11-2-3-11/h1,4,7,10-11,16H,2-3,5-6,8H2,(H,17,19,20). The van der Waals surface area contributed by atoms with Crippen LogP contribution in [-0.2, 0) is 0 Å². The lowest BCUT2D eigenvalue weighted by molar-refractivity contribution is 0.0879. The van der Waals surface area contributed by atoms with Gasteiger partial charge in [0.2, 0.25) is 0 Å². The van der Waals surface area contributed by atoms with Gasteiger partial charge in [0.1, 0.15) is 0 Å². The molecule has 1 saturated heterocycles. The predicted molar refractivity (Wildman–Crippen MR) is 74.9 cm³/mol. The maximum atomic E-state index is 11.6. The van der Waals surface area contributed by atoms with Gasteiger partial charge >= 0.3 is 0 Å². The van der Waals surface area contributed by atoms with Crippen LogP contribution < -0.4 is 10.6 Å². The molecule has 0 bridgehead atoms. The van der Waals surface area contributed by atoms with E-state index in [4.69, 9.17) is 0 Å². The van der Waals surface area contributed by atoms with Gasteiger partial charge in [-0.3, -0.25) is 19.8 Å². The lowest BCUT2D eigenvalue weighted by atomic mass is 10.1. The van der Waals surface area contributed by atoms with Gasteiger partial charge < -0.3 is 5.32 Å². The van der Waals surface area contributed by atoms with Crippen LogP contribution in [0.4, 0.5) is 5.69 Å². The molecule has 2 aliphatic heterocycles. The summed E-state index contributed by atoms with van der Waals surface area (Å²) in [5.74, 6) is -0.586. The van der Waals surface area contributed by atoms with E-state index in [0.717, 1.165) is 31.2 Å². The number of rotatable bonds is 3. The Balaban J connectivity index is 1.48. The summed E-state index contributed by atoms with van der Waals surface area (Å²) in [6.07, 6.45) is 3.82. The molecule has 0 spiro atoms. The molecule has 5 nitrogen and oxygen atoms in total. The molecule has 1 aliphatic carbocycles. The third-order valence-electron chi connectivity index (χ3n) is 4.39. The quantitative estimate of drug-likeness (QED) is 0.811. The van der Waals surface area contributed by atoms with E-state index in [9.17, 15) is 9.59 Å². The summed E-state index contributed by atoms with van der Waals surface area (Å²) in [4.78, 5) is 25.7. The van der Waals surface area contributed by atoms with Crippen molar-refractivity contribution in [1.82, 2.24) is 10.2 Å². The summed E-state index contributed by atoms with van der Waals surface area (Å²) < 4.78 is 0. The molecule has 2 amide bonds. The summed E-state index contributed by atoms with van der Waals surface area (Å²) in [6, 6.07) is 6.65. The number of nitrogens with one attached hydrogen (secondary N) is 2. The van der Waals surface area contributed by atoms with Crippen LogP contribution in [-0.4, -0.2) is 41.9 Å². The molecule has 0 aromatic heterocycles. The number of hydrogen-bond acceptors (Lipinski definition) is 4. The minimum Gasteiger partial charge on any atom is -0.381 e. The number of benzene rings is 1. The molecule has 3 aliphatic rings. The zero-order valence-corrected chi connectivity index (χ0v) is 11.2. The highest BCUT2D eigenvalue weighted by atomic mass is 16.2. The van der Waals surface area contributed by atoms with E-state index in [1.54, 1.807) is 12.1 Å². The van der Waals surface area contributed by atoms with Crippen molar-refractivity contribution in [2.75, 3.05) is 18.4 Å². The topological polar surface area (TPSA) is 61.4 Å².